The summed E-state index contributed by atoms with van der Waals surface area (Å²) in [4.78, 5) is 21.8. The van der Waals surface area contributed by atoms with E-state index in [4.69, 9.17) is 11.6 Å². The minimum atomic E-state index is -0.934. The van der Waals surface area contributed by atoms with Crippen LogP contribution in [-0.4, -0.2) is 19.5 Å². The van der Waals surface area contributed by atoms with Crippen LogP contribution >= 0.6 is 11.6 Å². The van der Waals surface area contributed by atoms with Crippen molar-refractivity contribution in [3.63, 3.8) is 0 Å². The Morgan fingerprint density at radius 3 is 2.85 bits per heavy atom. The Labute approximate surface area is 115 Å². The number of H-pyrrole nitrogens is 1. The molecule has 102 valence electrons. The zero-order chi connectivity index (χ0) is 14.3. The number of aromatic nitrogens is 4. The third kappa shape index (κ3) is 2.16. The zero-order valence-corrected chi connectivity index (χ0v) is 10.7. The van der Waals surface area contributed by atoms with Crippen molar-refractivity contribution in [3.05, 3.63) is 57.4 Å². The number of nitrogens with zero attached hydrogens (tertiary/aromatic N) is 3. The molecular weight excluding hydrogens is 290 g/mol. The second kappa shape index (κ2) is 4.68. The Hall–Kier alpha value is -2.28. The second-order valence-electron chi connectivity index (χ2n) is 4.15. The lowest BCUT2D eigenvalue weighted by molar-refractivity contribution is 0.506. The van der Waals surface area contributed by atoms with Crippen molar-refractivity contribution in [3.8, 4) is 0 Å². The molecule has 2 aromatic heterocycles. The predicted molar refractivity (Wildman–Crippen MR) is 68.6 cm³/mol. The highest BCUT2D eigenvalue weighted by atomic mass is 35.5. The van der Waals surface area contributed by atoms with Crippen molar-refractivity contribution in [2.24, 2.45) is 0 Å². The summed E-state index contributed by atoms with van der Waals surface area (Å²) >= 11 is 5.68. The first-order valence-corrected chi connectivity index (χ1v) is 5.97. The first kappa shape index (κ1) is 12.7. The van der Waals surface area contributed by atoms with Gasteiger partial charge in [-0.1, -0.05) is 6.07 Å². The summed E-state index contributed by atoms with van der Waals surface area (Å²) in [5, 5.41) is -0.0606. The lowest BCUT2D eigenvalue weighted by Crippen LogP contribution is -2.09. The van der Waals surface area contributed by atoms with Crippen LogP contribution < -0.4 is 5.56 Å². The highest BCUT2D eigenvalue weighted by Gasteiger charge is 2.10. The van der Waals surface area contributed by atoms with Gasteiger partial charge in [0.05, 0.1) is 12.9 Å². The minimum absolute atomic E-state index is 0.0606. The minimum Gasteiger partial charge on any atom is -0.311 e. The number of rotatable bonds is 2. The third-order valence-electron chi connectivity index (χ3n) is 2.78. The highest BCUT2D eigenvalue weighted by Crippen LogP contribution is 2.13. The van der Waals surface area contributed by atoms with Crippen LogP contribution in [0, 0.1) is 11.6 Å². The van der Waals surface area contributed by atoms with Crippen LogP contribution in [0.1, 0.15) is 5.56 Å². The van der Waals surface area contributed by atoms with Crippen molar-refractivity contribution in [2.75, 3.05) is 0 Å². The molecule has 2 heterocycles. The van der Waals surface area contributed by atoms with Crippen molar-refractivity contribution in [2.45, 2.75) is 6.54 Å². The Balaban J connectivity index is 2.06. The van der Waals surface area contributed by atoms with Crippen LogP contribution in [0.25, 0.3) is 11.2 Å². The number of benzene rings is 1. The van der Waals surface area contributed by atoms with E-state index in [1.165, 1.54) is 17.0 Å². The fourth-order valence-corrected chi connectivity index (χ4v) is 2.04. The highest BCUT2D eigenvalue weighted by molar-refractivity contribution is 6.28. The summed E-state index contributed by atoms with van der Waals surface area (Å²) in [5.41, 5.74) is 0.478. The Bertz CT molecular complexity index is 858. The number of aromatic amines is 1. The van der Waals surface area contributed by atoms with E-state index in [0.717, 1.165) is 12.1 Å². The SMILES string of the molecule is O=c1[nH]c(Cl)nc2c1ncn2Cc1ccc(F)c(F)c1. The molecule has 3 aromatic rings. The first-order valence-electron chi connectivity index (χ1n) is 5.59. The molecule has 5 nitrogen and oxygen atoms in total. The van der Waals surface area contributed by atoms with E-state index in [2.05, 4.69) is 15.0 Å². The normalized spacial score (nSPS) is 11.2. The summed E-state index contributed by atoms with van der Waals surface area (Å²) in [5.74, 6) is -1.85. The predicted octanol–water partition coefficient (Wildman–Crippen LogP) is 2.10. The molecule has 0 atom stereocenters. The van der Waals surface area contributed by atoms with Gasteiger partial charge in [0.25, 0.3) is 5.56 Å². The van der Waals surface area contributed by atoms with Gasteiger partial charge in [0.2, 0.25) is 5.28 Å². The molecule has 0 aliphatic rings. The van der Waals surface area contributed by atoms with Crippen LogP contribution in [0.4, 0.5) is 8.78 Å². The summed E-state index contributed by atoms with van der Waals surface area (Å²) < 4.78 is 27.6. The van der Waals surface area contributed by atoms with Crippen LogP contribution in [0.2, 0.25) is 5.28 Å². The second-order valence-corrected chi connectivity index (χ2v) is 4.51. The van der Waals surface area contributed by atoms with Crippen LogP contribution in [0.3, 0.4) is 0 Å². The lowest BCUT2D eigenvalue weighted by atomic mass is 10.2. The zero-order valence-electron chi connectivity index (χ0n) is 9.90. The van der Waals surface area contributed by atoms with Gasteiger partial charge >= 0.3 is 0 Å². The maximum Gasteiger partial charge on any atom is 0.280 e. The summed E-state index contributed by atoms with van der Waals surface area (Å²) in [6, 6.07) is 3.56. The van der Waals surface area contributed by atoms with Crippen LogP contribution in [-0.2, 0) is 6.54 Å². The van der Waals surface area contributed by atoms with Crippen molar-refractivity contribution in [1.82, 2.24) is 19.5 Å². The van der Waals surface area contributed by atoms with Gasteiger partial charge in [0.1, 0.15) is 0 Å². The summed E-state index contributed by atoms with van der Waals surface area (Å²) in [6.45, 7) is 0.195. The monoisotopic (exact) mass is 296 g/mol. The van der Waals surface area contributed by atoms with E-state index in [1.54, 1.807) is 0 Å². The number of fused-ring (bicyclic) bond motifs is 1. The molecule has 20 heavy (non-hydrogen) atoms. The van der Waals surface area contributed by atoms with Gasteiger partial charge in [-0.05, 0) is 29.3 Å². The van der Waals surface area contributed by atoms with Crippen molar-refractivity contribution in [1.29, 1.82) is 0 Å². The van der Waals surface area contributed by atoms with E-state index in [0.29, 0.717) is 5.56 Å². The maximum atomic E-state index is 13.2. The van der Waals surface area contributed by atoms with Gasteiger partial charge in [-0.3, -0.25) is 9.78 Å². The molecule has 0 saturated carbocycles. The molecule has 0 fully saturated rings. The van der Waals surface area contributed by atoms with E-state index >= 15 is 0 Å². The molecule has 0 spiro atoms. The number of imidazole rings is 1. The fraction of sp³-hybridized carbons (Fsp3) is 0.0833. The van der Waals surface area contributed by atoms with E-state index in [-0.39, 0.29) is 23.0 Å². The third-order valence-corrected chi connectivity index (χ3v) is 2.96. The molecule has 0 radical (unpaired) electrons. The number of hydrogen-bond acceptors (Lipinski definition) is 3. The van der Waals surface area contributed by atoms with E-state index in [9.17, 15) is 13.6 Å². The number of hydrogen-bond donors (Lipinski definition) is 1. The average Bonchev–Trinajstić information content (AvgIpc) is 2.77. The smallest absolute Gasteiger partial charge is 0.280 e. The molecule has 0 amide bonds. The van der Waals surface area contributed by atoms with Gasteiger partial charge in [-0.25, -0.2) is 13.8 Å². The van der Waals surface area contributed by atoms with Gasteiger partial charge in [-0.2, -0.15) is 4.98 Å². The molecular formula is C12H7ClF2N4O. The molecule has 0 unspecified atom stereocenters. The Kier molecular flexibility index (Phi) is 2.98. The first-order chi connectivity index (χ1) is 9.54. The van der Waals surface area contributed by atoms with Crippen LogP contribution in [0.15, 0.2) is 29.3 Å². The Morgan fingerprint density at radius 2 is 2.10 bits per heavy atom. The topological polar surface area (TPSA) is 63.6 Å². The van der Waals surface area contributed by atoms with Gasteiger partial charge in [0.15, 0.2) is 22.8 Å². The summed E-state index contributed by atoms with van der Waals surface area (Å²) in [6.07, 6.45) is 1.39. The van der Waals surface area contributed by atoms with Gasteiger partial charge in [-0.15, -0.1) is 0 Å². The van der Waals surface area contributed by atoms with E-state index < -0.39 is 17.2 Å². The average molecular weight is 297 g/mol. The van der Waals surface area contributed by atoms with E-state index in [1.807, 2.05) is 0 Å². The maximum absolute atomic E-state index is 13.2. The van der Waals surface area contributed by atoms with Crippen molar-refractivity contribution >= 4 is 22.8 Å². The molecule has 3 rings (SSSR count). The largest absolute Gasteiger partial charge is 0.311 e. The lowest BCUT2D eigenvalue weighted by Gasteiger charge is -2.04. The van der Waals surface area contributed by atoms with Crippen molar-refractivity contribution < 1.29 is 8.78 Å². The number of halogens is 3. The fourth-order valence-electron chi connectivity index (χ4n) is 1.88. The molecule has 0 bridgehead atoms. The molecule has 1 aromatic carbocycles. The van der Waals surface area contributed by atoms with Gasteiger partial charge < -0.3 is 4.57 Å². The molecule has 0 aliphatic carbocycles. The molecule has 8 heteroatoms. The summed E-state index contributed by atoms with van der Waals surface area (Å²) in [7, 11) is 0. The Morgan fingerprint density at radius 1 is 1.30 bits per heavy atom. The molecule has 1 N–H and O–H groups in total. The number of nitrogens with one attached hydrogen (secondary N) is 1. The van der Waals surface area contributed by atoms with Crippen LogP contribution in [0.5, 0.6) is 0 Å². The van der Waals surface area contributed by atoms with Gasteiger partial charge in [0, 0.05) is 0 Å². The standard InChI is InChI=1S/C12H7ClF2N4O/c13-12-17-10-9(11(20)18-12)16-5-19(10)4-6-1-2-7(14)8(15)3-6/h1-3,5H,4H2,(H,17,18,20). The quantitative estimate of drug-likeness (QED) is 0.737. The molecule has 0 saturated heterocycles. The molecule has 0 aliphatic heterocycles.